The lowest BCUT2D eigenvalue weighted by molar-refractivity contribution is -0.127. The van der Waals surface area contributed by atoms with Crippen LogP contribution in [0.2, 0.25) is 0 Å². The molecule has 6 heteroatoms. The number of aliphatic imine (C=N–C) groups is 1. The van der Waals surface area contributed by atoms with Crippen molar-refractivity contribution >= 4 is 35.8 Å². The fraction of sp³-hybridized carbons (Fsp3) is 0.857. The van der Waals surface area contributed by atoms with Crippen molar-refractivity contribution in [3.8, 4) is 0 Å². The molecule has 0 aliphatic carbocycles. The van der Waals surface area contributed by atoms with E-state index < -0.39 is 0 Å². The highest BCUT2D eigenvalue weighted by molar-refractivity contribution is 14.0. The summed E-state index contributed by atoms with van der Waals surface area (Å²) in [5, 5.41) is 6.66. The smallest absolute Gasteiger partial charge is 0.243 e. The molecule has 2 N–H and O–H groups in total. The van der Waals surface area contributed by atoms with Crippen molar-refractivity contribution in [2.24, 2.45) is 10.9 Å². The molecular weight excluding hydrogens is 367 g/mol. The van der Waals surface area contributed by atoms with E-state index in [-0.39, 0.29) is 36.4 Å². The number of nitrogens with one attached hydrogen (secondary N) is 2. The number of hydrogen-bond acceptors (Lipinski definition) is 2. The lowest BCUT2D eigenvalue weighted by Crippen LogP contribution is -2.47. The van der Waals surface area contributed by atoms with Crippen LogP contribution < -0.4 is 10.6 Å². The minimum atomic E-state index is 0. The molecule has 0 fully saturated rings. The van der Waals surface area contributed by atoms with Gasteiger partial charge in [-0.2, -0.15) is 0 Å². The number of guanidine groups is 1. The number of carbonyl (C=O) groups is 1. The van der Waals surface area contributed by atoms with Gasteiger partial charge in [-0.05, 0) is 26.2 Å². The van der Waals surface area contributed by atoms with Crippen LogP contribution in [0.5, 0.6) is 0 Å². The molecule has 0 rings (SSSR count). The maximum Gasteiger partial charge on any atom is 0.243 e. The van der Waals surface area contributed by atoms with Crippen LogP contribution in [-0.4, -0.2) is 49.5 Å². The first-order valence-corrected chi connectivity index (χ1v) is 7.05. The average molecular weight is 398 g/mol. The summed E-state index contributed by atoms with van der Waals surface area (Å²) in [7, 11) is 3.48. The van der Waals surface area contributed by atoms with Crippen LogP contribution in [-0.2, 0) is 4.79 Å². The van der Waals surface area contributed by atoms with Gasteiger partial charge in [0.1, 0.15) is 6.54 Å². The van der Waals surface area contributed by atoms with Crippen LogP contribution >= 0.6 is 24.0 Å². The fourth-order valence-corrected chi connectivity index (χ4v) is 1.14. The molecule has 0 heterocycles. The molecule has 0 aliphatic rings. The van der Waals surface area contributed by atoms with Gasteiger partial charge >= 0.3 is 0 Å². The first-order chi connectivity index (χ1) is 8.77. The number of nitrogens with zero attached hydrogens (tertiary/aromatic N) is 2. The Labute approximate surface area is 141 Å². The quantitative estimate of drug-likeness (QED) is 0.409. The number of rotatable bonds is 6. The Bertz CT molecular complexity index is 306. The predicted octanol–water partition coefficient (Wildman–Crippen LogP) is 2.07. The molecule has 0 saturated heterocycles. The second-order valence-corrected chi connectivity index (χ2v) is 5.58. The molecule has 2 atom stereocenters. The zero-order valence-corrected chi connectivity index (χ0v) is 16.2. The summed E-state index contributed by atoms with van der Waals surface area (Å²) >= 11 is 0. The van der Waals surface area contributed by atoms with E-state index >= 15 is 0 Å². The molecule has 20 heavy (non-hydrogen) atoms. The molecule has 2 unspecified atom stereocenters. The van der Waals surface area contributed by atoms with E-state index in [1.165, 1.54) is 0 Å². The third kappa shape index (κ3) is 9.39. The molecule has 0 bridgehead atoms. The Morgan fingerprint density at radius 1 is 1.15 bits per heavy atom. The van der Waals surface area contributed by atoms with Gasteiger partial charge in [-0.1, -0.05) is 20.8 Å². The first kappa shape index (κ1) is 21.8. The van der Waals surface area contributed by atoms with E-state index in [0.29, 0.717) is 24.0 Å². The average Bonchev–Trinajstić information content (AvgIpc) is 2.34. The van der Waals surface area contributed by atoms with Crippen LogP contribution in [0.3, 0.4) is 0 Å². The molecule has 0 saturated carbocycles. The van der Waals surface area contributed by atoms with Crippen molar-refractivity contribution in [2.75, 3.05) is 20.6 Å². The lowest BCUT2D eigenvalue weighted by atomic mass is 10.1. The van der Waals surface area contributed by atoms with Crippen LogP contribution in [0.25, 0.3) is 0 Å². The zero-order valence-electron chi connectivity index (χ0n) is 13.9. The Hall–Kier alpha value is -0.530. The number of hydrogen-bond donors (Lipinski definition) is 2. The van der Waals surface area contributed by atoms with Crippen LogP contribution in [0, 0.1) is 5.92 Å². The highest BCUT2D eigenvalue weighted by atomic mass is 127. The third-order valence-corrected chi connectivity index (χ3v) is 3.23. The van der Waals surface area contributed by atoms with Crippen molar-refractivity contribution in [3.05, 3.63) is 0 Å². The maximum atomic E-state index is 11.6. The molecule has 0 aliphatic heterocycles. The highest BCUT2D eigenvalue weighted by Crippen LogP contribution is 2.00. The largest absolute Gasteiger partial charge is 0.354 e. The van der Waals surface area contributed by atoms with E-state index in [1.54, 1.807) is 19.0 Å². The summed E-state index contributed by atoms with van der Waals surface area (Å²) in [5.41, 5.74) is 0. The Kier molecular flexibility index (Phi) is 12.1. The van der Waals surface area contributed by atoms with Gasteiger partial charge in [-0.3, -0.25) is 4.79 Å². The van der Waals surface area contributed by atoms with Crippen LogP contribution in [0.4, 0.5) is 0 Å². The van der Waals surface area contributed by atoms with Gasteiger partial charge < -0.3 is 15.5 Å². The highest BCUT2D eigenvalue weighted by Gasteiger charge is 2.12. The summed E-state index contributed by atoms with van der Waals surface area (Å²) in [6.45, 7) is 10.8. The third-order valence-electron chi connectivity index (χ3n) is 3.23. The minimum absolute atomic E-state index is 0. The van der Waals surface area contributed by atoms with E-state index in [2.05, 4.69) is 50.2 Å². The molecule has 5 nitrogen and oxygen atoms in total. The normalized spacial score (nSPS) is 14.3. The van der Waals surface area contributed by atoms with Crippen molar-refractivity contribution < 1.29 is 4.79 Å². The minimum Gasteiger partial charge on any atom is -0.354 e. The topological polar surface area (TPSA) is 56.7 Å². The van der Waals surface area contributed by atoms with Gasteiger partial charge in [-0.25, -0.2) is 4.99 Å². The predicted molar refractivity (Wildman–Crippen MR) is 96.7 cm³/mol. The van der Waals surface area contributed by atoms with Crippen molar-refractivity contribution in [2.45, 2.75) is 53.1 Å². The molecule has 0 radical (unpaired) electrons. The summed E-state index contributed by atoms with van der Waals surface area (Å²) in [6, 6.07) is 0.643. The summed E-state index contributed by atoms with van der Waals surface area (Å²) in [5.74, 6) is 1.22. The molecule has 0 spiro atoms. The molecular formula is C14H31IN4O. The van der Waals surface area contributed by atoms with Crippen molar-refractivity contribution in [1.29, 1.82) is 0 Å². The fourth-order valence-electron chi connectivity index (χ4n) is 1.14. The second-order valence-electron chi connectivity index (χ2n) is 5.58. The van der Waals surface area contributed by atoms with Gasteiger partial charge in [0.05, 0.1) is 0 Å². The lowest BCUT2D eigenvalue weighted by Gasteiger charge is -2.23. The van der Waals surface area contributed by atoms with E-state index in [4.69, 9.17) is 0 Å². The summed E-state index contributed by atoms with van der Waals surface area (Å²) < 4.78 is 0. The molecule has 120 valence electrons. The molecule has 0 aromatic rings. The summed E-state index contributed by atoms with van der Waals surface area (Å²) in [4.78, 5) is 17.5. The second kappa shape index (κ2) is 11.2. The van der Waals surface area contributed by atoms with E-state index in [0.717, 1.165) is 6.42 Å². The maximum absolute atomic E-state index is 11.6. The van der Waals surface area contributed by atoms with E-state index in [1.807, 2.05) is 0 Å². The van der Waals surface area contributed by atoms with Gasteiger partial charge in [0.2, 0.25) is 5.91 Å². The Morgan fingerprint density at radius 2 is 1.70 bits per heavy atom. The zero-order chi connectivity index (χ0) is 15.0. The SMILES string of the molecule is CCC(C)NC(=NCC(=O)N(C)C)NC(C)C(C)C.I. The van der Waals surface area contributed by atoms with Crippen molar-refractivity contribution in [3.63, 3.8) is 0 Å². The summed E-state index contributed by atoms with van der Waals surface area (Å²) in [6.07, 6.45) is 1.01. The van der Waals surface area contributed by atoms with Gasteiger partial charge in [0, 0.05) is 26.2 Å². The first-order valence-electron chi connectivity index (χ1n) is 7.05. The standard InChI is InChI=1S/C14H30N4O.HI/c1-8-11(4)16-14(17-12(5)10(2)3)15-9-13(19)18(6)7;/h10-12H,8-9H2,1-7H3,(H2,15,16,17);1H. The Balaban J connectivity index is 0. The van der Waals surface area contributed by atoms with E-state index in [9.17, 15) is 4.79 Å². The van der Waals surface area contributed by atoms with Gasteiger partial charge in [0.25, 0.3) is 0 Å². The van der Waals surface area contributed by atoms with Gasteiger partial charge in [0.15, 0.2) is 5.96 Å². The number of likely N-dealkylation sites (N-methyl/N-ethyl adjacent to an activating group) is 1. The molecule has 1 amide bonds. The van der Waals surface area contributed by atoms with Crippen LogP contribution in [0.15, 0.2) is 4.99 Å². The molecule has 0 aromatic heterocycles. The number of amides is 1. The molecule has 0 aromatic carbocycles. The van der Waals surface area contributed by atoms with Gasteiger partial charge in [-0.15, -0.1) is 24.0 Å². The number of carbonyl (C=O) groups excluding carboxylic acids is 1. The van der Waals surface area contributed by atoms with Crippen molar-refractivity contribution in [1.82, 2.24) is 15.5 Å². The number of halogens is 1. The Morgan fingerprint density at radius 3 is 2.10 bits per heavy atom. The monoisotopic (exact) mass is 398 g/mol. The van der Waals surface area contributed by atoms with Crippen LogP contribution in [0.1, 0.15) is 41.0 Å².